The molecule has 2 aliphatic rings. The fourth-order valence-corrected chi connectivity index (χ4v) is 11.1. The van der Waals surface area contributed by atoms with Gasteiger partial charge in [0, 0.05) is 74.3 Å². The van der Waals surface area contributed by atoms with Crippen molar-refractivity contribution < 1.29 is 6.11 Å². The van der Waals surface area contributed by atoms with Crippen molar-refractivity contribution in [3.8, 4) is 17.2 Å². The second-order valence-corrected chi connectivity index (χ2v) is 18.6. The number of aromatic nitrogens is 2. The maximum atomic E-state index is 9.38. The summed E-state index contributed by atoms with van der Waals surface area (Å²) in [6.07, 6.45) is 0. The van der Waals surface area contributed by atoms with Gasteiger partial charge >= 0.3 is 0 Å². The van der Waals surface area contributed by atoms with E-state index in [2.05, 4.69) is 218 Å². The van der Waals surface area contributed by atoms with Crippen LogP contribution in [0.4, 0.5) is 34.1 Å². The van der Waals surface area contributed by atoms with Gasteiger partial charge in [0.25, 0.3) is 6.71 Å². The van der Waals surface area contributed by atoms with Gasteiger partial charge in [-0.3, -0.25) is 0 Å². The molecule has 0 atom stereocenters. The molecule has 4 heterocycles. The highest BCUT2D eigenvalue weighted by Gasteiger charge is 2.44. The lowest BCUT2D eigenvalue weighted by atomic mass is 9.33. The van der Waals surface area contributed by atoms with Gasteiger partial charge in [0.1, 0.15) is 11.5 Å². The molecule has 0 radical (unpaired) electrons. The van der Waals surface area contributed by atoms with Crippen LogP contribution in [0, 0.1) is 34.6 Å². The van der Waals surface area contributed by atoms with Crippen LogP contribution < -0.4 is 30.9 Å². The molecule has 0 amide bonds. The van der Waals surface area contributed by atoms with E-state index in [0.717, 1.165) is 78.6 Å². The van der Waals surface area contributed by atoms with Crippen molar-refractivity contribution >= 4 is 101 Å². The smallest absolute Gasteiger partial charge is 0.257 e. The zero-order valence-electron chi connectivity index (χ0n) is 38.9. The molecule has 0 saturated heterocycles. The molecular weight excluding hydrogens is 803 g/mol. The molecule has 0 aliphatic carbocycles. The topological polar surface area (TPSA) is 25.6 Å². The van der Waals surface area contributed by atoms with Crippen molar-refractivity contribution in [2.45, 2.75) is 34.6 Å². The number of aryl methyl sites for hydroxylation is 6. The summed E-state index contributed by atoms with van der Waals surface area (Å²) < 4.78 is 21.5. The van der Waals surface area contributed by atoms with Crippen LogP contribution in [-0.2, 0) is 7.05 Å². The van der Waals surface area contributed by atoms with Gasteiger partial charge in [0.05, 0.1) is 23.6 Å². The molecule has 9 aromatic carbocycles. The van der Waals surface area contributed by atoms with Crippen molar-refractivity contribution in [3.05, 3.63) is 204 Å². The Balaban J connectivity index is 1.14. The standard InChI is InChI=1S/C60H47BN4O/c1-36-14-22-41(23-15-36)63(42-24-16-37(2)17-25-42)44-28-29-48-53(34-44)64(43-26-18-38(3)19-27-43)52-12-9-13-55-58(52)61(48)59-56(66-55)35-54(60-57(59)45-10-7-8-11-49(45)62(60)6)65-50-30-20-39(4)32-46(50)47-33-40(5)21-31-51(47)65/h7-35H,1-6H3/i9D. The monoisotopic (exact) mass is 851 g/mol. The Morgan fingerprint density at radius 1 is 0.485 bits per heavy atom. The molecule has 316 valence electrons. The van der Waals surface area contributed by atoms with E-state index in [1.165, 1.54) is 54.8 Å². The first kappa shape index (κ1) is 37.4. The lowest BCUT2D eigenvalue weighted by Gasteiger charge is -2.41. The lowest BCUT2D eigenvalue weighted by molar-refractivity contribution is 0.488. The minimum absolute atomic E-state index is 0.210. The van der Waals surface area contributed by atoms with Crippen LogP contribution >= 0.6 is 0 Å². The van der Waals surface area contributed by atoms with Crippen LogP contribution in [0.1, 0.15) is 29.2 Å². The molecule has 6 heteroatoms. The van der Waals surface area contributed by atoms with Crippen molar-refractivity contribution in [1.82, 2.24) is 9.13 Å². The van der Waals surface area contributed by atoms with Gasteiger partial charge in [-0.25, -0.2) is 0 Å². The van der Waals surface area contributed by atoms with E-state index in [-0.39, 0.29) is 6.71 Å². The molecule has 0 fully saturated rings. The maximum absolute atomic E-state index is 9.38. The van der Waals surface area contributed by atoms with Gasteiger partial charge in [-0.2, -0.15) is 0 Å². The highest BCUT2D eigenvalue weighted by molar-refractivity contribution is 7.00. The Hall–Kier alpha value is -7.96. The van der Waals surface area contributed by atoms with Crippen LogP contribution in [0.5, 0.6) is 11.5 Å². The number of fused-ring (bicyclic) bond motifs is 11. The summed E-state index contributed by atoms with van der Waals surface area (Å²) in [6.45, 7) is 10.5. The van der Waals surface area contributed by atoms with E-state index < -0.39 is 0 Å². The molecule has 0 spiro atoms. The number of hydrogen-bond donors (Lipinski definition) is 0. The SMILES string of the molecule is [2H]c1cc2c3c(c1)N(c1ccc(C)cc1)c1cc(N(c4ccc(C)cc4)c4ccc(C)cc4)ccc1B3c1c(cc(-n3c4ccc(C)cc4c4cc(C)ccc43)c3c1c1ccccc1n3C)O2. The third-order valence-corrected chi connectivity index (χ3v) is 14.2. The van der Waals surface area contributed by atoms with Gasteiger partial charge in [0.15, 0.2) is 0 Å². The Kier molecular flexibility index (Phi) is 8.09. The van der Waals surface area contributed by atoms with Gasteiger partial charge in [-0.1, -0.05) is 107 Å². The number of ether oxygens (including phenoxy) is 1. The lowest BCUT2D eigenvalue weighted by Crippen LogP contribution is -2.59. The summed E-state index contributed by atoms with van der Waals surface area (Å²) in [6, 6.07) is 62.4. The zero-order chi connectivity index (χ0) is 45.4. The molecule has 11 aromatic rings. The Bertz CT molecular complexity index is 3760. The third kappa shape index (κ3) is 5.61. The summed E-state index contributed by atoms with van der Waals surface area (Å²) in [4.78, 5) is 4.72. The number of rotatable bonds is 5. The van der Waals surface area contributed by atoms with Crippen molar-refractivity contribution in [2.24, 2.45) is 7.05 Å². The van der Waals surface area contributed by atoms with Gasteiger partial charge in [-0.05, 0) is 142 Å². The minimum Gasteiger partial charge on any atom is -0.458 e. The zero-order valence-corrected chi connectivity index (χ0v) is 37.9. The Morgan fingerprint density at radius 2 is 1.08 bits per heavy atom. The molecule has 0 bridgehead atoms. The first-order chi connectivity index (χ1) is 32.6. The van der Waals surface area contributed by atoms with E-state index in [1.807, 2.05) is 12.1 Å². The molecule has 13 rings (SSSR count). The number of para-hydroxylation sites is 1. The molecule has 66 heavy (non-hydrogen) atoms. The van der Waals surface area contributed by atoms with Crippen LogP contribution in [0.3, 0.4) is 0 Å². The van der Waals surface area contributed by atoms with E-state index in [4.69, 9.17) is 4.74 Å². The predicted octanol–water partition coefficient (Wildman–Crippen LogP) is 13.8. The molecule has 5 nitrogen and oxygen atoms in total. The van der Waals surface area contributed by atoms with Gasteiger partial charge in [-0.15, -0.1) is 0 Å². The Morgan fingerprint density at radius 3 is 1.73 bits per heavy atom. The van der Waals surface area contributed by atoms with E-state index in [1.54, 1.807) is 0 Å². The second-order valence-electron chi connectivity index (χ2n) is 18.6. The summed E-state index contributed by atoms with van der Waals surface area (Å²) >= 11 is 0. The third-order valence-electron chi connectivity index (χ3n) is 14.2. The molecule has 2 aromatic heterocycles. The van der Waals surface area contributed by atoms with E-state index in [0.29, 0.717) is 11.8 Å². The molecule has 0 N–H and O–H groups in total. The first-order valence-electron chi connectivity index (χ1n) is 23.4. The van der Waals surface area contributed by atoms with Gasteiger partial charge < -0.3 is 23.7 Å². The first-order valence-corrected chi connectivity index (χ1v) is 22.9. The highest BCUT2D eigenvalue weighted by Crippen LogP contribution is 2.47. The summed E-state index contributed by atoms with van der Waals surface area (Å²) in [5.41, 5.74) is 21.4. The molecule has 2 aliphatic heterocycles. The average molecular weight is 852 g/mol. The number of anilines is 6. The van der Waals surface area contributed by atoms with Crippen molar-refractivity contribution in [3.63, 3.8) is 0 Å². The summed E-state index contributed by atoms with van der Waals surface area (Å²) in [7, 11) is 2.21. The number of hydrogen-bond acceptors (Lipinski definition) is 3. The largest absolute Gasteiger partial charge is 0.458 e. The predicted molar refractivity (Wildman–Crippen MR) is 279 cm³/mol. The van der Waals surface area contributed by atoms with Crippen molar-refractivity contribution in [1.29, 1.82) is 0 Å². The molecule has 0 saturated carbocycles. The van der Waals surface area contributed by atoms with E-state index >= 15 is 0 Å². The minimum atomic E-state index is -0.210. The average Bonchev–Trinajstić information content (AvgIpc) is 3.80. The van der Waals surface area contributed by atoms with Crippen LogP contribution in [0.25, 0.3) is 49.3 Å². The van der Waals surface area contributed by atoms with Gasteiger partial charge in [0.2, 0.25) is 0 Å². The fraction of sp³-hybridized carbons (Fsp3) is 0.100. The molecule has 0 unspecified atom stereocenters. The summed E-state index contributed by atoms with van der Waals surface area (Å²) in [5.74, 6) is 1.52. The quantitative estimate of drug-likeness (QED) is 0.161. The van der Waals surface area contributed by atoms with Crippen LogP contribution in [0.2, 0.25) is 0 Å². The van der Waals surface area contributed by atoms with Crippen LogP contribution in [-0.4, -0.2) is 15.8 Å². The normalized spacial score (nSPS) is 13.0. The highest BCUT2D eigenvalue weighted by atomic mass is 16.5. The number of benzene rings is 9. The second kappa shape index (κ2) is 14.3. The summed E-state index contributed by atoms with van der Waals surface area (Å²) in [5, 5.41) is 4.82. The number of nitrogens with zero attached hydrogens (tertiary/aromatic N) is 4. The molecular formula is C60H47BN4O. The van der Waals surface area contributed by atoms with Crippen molar-refractivity contribution in [2.75, 3.05) is 9.80 Å². The van der Waals surface area contributed by atoms with E-state index in [9.17, 15) is 1.37 Å². The fourth-order valence-electron chi connectivity index (χ4n) is 11.1. The van der Waals surface area contributed by atoms with Crippen LogP contribution in [0.15, 0.2) is 176 Å². The Labute approximate surface area is 386 Å². The maximum Gasteiger partial charge on any atom is 0.257 e.